The molecule has 0 unspecified atom stereocenters. The molecule has 21 heavy (non-hydrogen) atoms. The summed E-state index contributed by atoms with van der Waals surface area (Å²) in [6.45, 7) is 1.09. The van der Waals surface area contributed by atoms with E-state index in [1.54, 1.807) is 12.1 Å². The van der Waals surface area contributed by atoms with Gasteiger partial charge in [0.05, 0.1) is 22.9 Å². The second-order valence-corrected chi connectivity index (χ2v) is 5.69. The first-order chi connectivity index (χ1) is 10.1. The van der Waals surface area contributed by atoms with Crippen LogP contribution in [0.25, 0.3) is 0 Å². The third kappa shape index (κ3) is 3.65. The lowest BCUT2D eigenvalue weighted by atomic mass is 10.2. The van der Waals surface area contributed by atoms with Gasteiger partial charge in [0.2, 0.25) is 5.91 Å². The van der Waals surface area contributed by atoms with E-state index in [-0.39, 0.29) is 25.0 Å². The largest absolute Gasteiger partial charge is 0.482 e. The summed E-state index contributed by atoms with van der Waals surface area (Å²) in [4.78, 5) is 23.1. The molecule has 0 atom stereocenters. The van der Waals surface area contributed by atoms with Crippen molar-refractivity contribution in [3.05, 3.63) is 17.2 Å². The number of anilines is 2. The monoisotopic (exact) mass is 309 g/mol. The van der Waals surface area contributed by atoms with Gasteiger partial charge in [0, 0.05) is 6.07 Å². The van der Waals surface area contributed by atoms with Crippen LogP contribution >= 0.6 is 11.6 Å². The Bertz CT molecular complexity index is 587. The van der Waals surface area contributed by atoms with Gasteiger partial charge >= 0.3 is 0 Å². The predicted octanol–water partition coefficient (Wildman–Crippen LogP) is 1.61. The second-order valence-electron chi connectivity index (χ2n) is 5.29. The van der Waals surface area contributed by atoms with Crippen LogP contribution in [0.1, 0.15) is 12.8 Å². The molecule has 0 saturated heterocycles. The standard InChI is InChI=1S/C14H16ClN3O3/c15-9-3-11-12(21-7-14(20)18-11)4-10(9)17-13(19)6-16-5-8-1-2-8/h3-4,8,16H,1-2,5-7H2,(H,17,19)(H,18,20). The van der Waals surface area contributed by atoms with Crippen molar-refractivity contribution in [2.75, 3.05) is 30.3 Å². The van der Waals surface area contributed by atoms with Crippen molar-refractivity contribution in [2.24, 2.45) is 5.92 Å². The smallest absolute Gasteiger partial charge is 0.262 e. The van der Waals surface area contributed by atoms with E-state index in [9.17, 15) is 9.59 Å². The average Bonchev–Trinajstić information content (AvgIpc) is 3.24. The molecule has 112 valence electrons. The second kappa shape index (κ2) is 5.91. The summed E-state index contributed by atoms with van der Waals surface area (Å²) in [5, 5.41) is 8.87. The fourth-order valence-corrected chi connectivity index (χ4v) is 2.31. The van der Waals surface area contributed by atoms with Gasteiger partial charge in [-0.3, -0.25) is 9.59 Å². The summed E-state index contributed by atoms with van der Waals surface area (Å²) in [5.41, 5.74) is 0.992. The van der Waals surface area contributed by atoms with E-state index in [2.05, 4.69) is 16.0 Å². The average molecular weight is 310 g/mol. The van der Waals surface area contributed by atoms with Crippen LogP contribution in [0.15, 0.2) is 12.1 Å². The van der Waals surface area contributed by atoms with Crippen LogP contribution in [0.5, 0.6) is 5.75 Å². The van der Waals surface area contributed by atoms with Crippen molar-refractivity contribution < 1.29 is 14.3 Å². The molecule has 0 radical (unpaired) electrons. The van der Waals surface area contributed by atoms with Gasteiger partial charge in [-0.15, -0.1) is 0 Å². The minimum absolute atomic E-state index is 0.0367. The molecule has 3 rings (SSSR count). The lowest BCUT2D eigenvalue weighted by Gasteiger charge is -2.19. The highest BCUT2D eigenvalue weighted by Gasteiger charge is 2.21. The molecule has 1 saturated carbocycles. The third-order valence-corrected chi connectivity index (χ3v) is 3.70. The van der Waals surface area contributed by atoms with Crippen LogP contribution in [-0.2, 0) is 9.59 Å². The minimum atomic E-state index is -0.223. The number of carbonyl (C=O) groups excluding carboxylic acids is 2. The van der Waals surface area contributed by atoms with Crippen molar-refractivity contribution in [1.29, 1.82) is 0 Å². The Kier molecular flexibility index (Phi) is 3.98. The van der Waals surface area contributed by atoms with Gasteiger partial charge in [0.25, 0.3) is 5.91 Å². The zero-order valence-corrected chi connectivity index (χ0v) is 12.1. The highest BCUT2D eigenvalue weighted by molar-refractivity contribution is 6.34. The SMILES string of the molecule is O=C(CNCC1CC1)Nc1cc2c(cc1Cl)NC(=O)CO2. The summed E-state index contributed by atoms with van der Waals surface area (Å²) in [7, 11) is 0. The number of halogens is 1. The molecule has 1 heterocycles. The Labute approximate surface area is 127 Å². The maximum Gasteiger partial charge on any atom is 0.262 e. The van der Waals surface area contributed by atoms with Gasteiger partial charge in [-0.1, -0.05) is 11.6 Å². The topological polar surface area (TPSA) is 79.5 Å². The Morgan fingerprint density at radius 1 is 1.43 bits per heavy atom. The fourth-order valence-electron chi connectivity index (χ4n) is 2.10. The van der Waals surface area contributed by atoms with E-state index in [0.717, 1.165) is 12.5 Å². The van der Waals surface area contributed by atoms with Crippen molar-refractivity contribution in [2.45, 2.75) is 12.8 Å². The summed E-state index contributed by atoms with van der Waals surface area (Å²) < 4.78 is 5.30. The van der Waals surface area contributed by atoms with Crippen LogP contribution in [0.4, 0.5) is 11.4 Å². The number of amides is 2. The Morgan fingerprint density at radius 2 is 2.24 bits per heavy atom. The first kappa shape index (κ1) is 14.2. The number of benzene rings is 1. The molecule has 2 aliphatic rings. The van der Waals surface area contributed by atoms with Crippen molar-refractivity contribution in [3.8, 4) is 5.75 Å². The molecule has 1 aromatic rings. The predicted molar refractivity (Wildman–Crippen MR) is 79.8 cm³/mol. The summed E-state index contributed by atoms with van der Waals surface area (Å²) >= 11 is 6.11. The fraction of sp³-hybridized carbons (Fsp3) is 0.429. The van der Waals surface area contributed by atoms with Gasteiger partial charge in [-0.25, -0.2) is 0 Å². The summed E-state index contributed by atoms with van der Waals surface area (Å²) in [6, 6.07) is 3.19. The maximum atomic E-state index is 11.8. The van der Waals surface area contributed by atoms with E-state index in [1.165, 1.54) is 12.8 Å². The zero-order valence-electron chi connectivity index (χ0n) is 11.4. The Balaban J connectivity index is 1.61. The molecule has 0 spiro atoms. The van der Waals surface area contributed by atoms with Crippen LogP contribution in [0.3, 0.4) is 0 Å². The first-order valence-electron chi connectivity index (χ1n) is 6.88. The Hall–Kier alpha value is -1.79. The first-order valence-corrected chi connectivity index (χ1v) is 7.26. The van der Waals surface area contributed by atoms with Gasteiger partial charge in [0.1, 0.15) is 5.75 Å². The number of fused-ring (bicyclic) bond motifs is 1. The molecular weight excluding hydrogens is 294 g/mol. The van der Waals surface area contributed by atoms with E-state index >= 15 is 0 Å². The van der Waals surface area contributed by atoms with E-state index in [0.29, 0.717) is 22.1 Å². The molecule has 3 N–H and O–H groups in total. The number of hydrogen-bond donors (Lipinski definition) is 3. The molecule has 1 aliphatic carbocycles. The molecule has 6 nitrogen and oxygen atoms in total. The number of carbonyl (C=O) groups is 2. The van der Waals surface area contributed by atoms with E-state index < -0.39 is 0 Å². The number of rotatable bonds is 5. The van der Waals surface area contributed by atoms with Crippen molar-refractivity contribution in [1.82, 2.24) is 5.32 Å². The van der Waals surface area contributed by atoms with Gasteiger partial charge in [-0.2, -0.15) is 0 Å². The summed E-state index contributed by atoms with van der Waals surface area (Å²) in [5.74, 6) is 0.847. The molecule has 1 aromatic carbocycles. The normalized spacial score (nSPS) is 16.7. The summed E-state index contributed by atoms with van der Waals surface area (Å²) in [6.07, 6.45) is 2.49. The molecule has 1 aliphatic heterocycles. The maximum absolute atomic E-state index is 11.8. The van der Waals surface area contributed by atoms with Crippen LogP contribution in [0.2, 0.25) is 5.02 Å². The van der Waals surface area contributed by atoms with Gasteiger partial charge in [-0.05, 0) is 31.4 Å². The highest BCUT2D eigenvalue weighted by Crippen LogP contribution is 2.36. The highest BCUT2D eigenvalue weighted by atomic mass is 35.5. The quantitative estimate of drug-likeness (QED) is 0.772. The zero-order chi connectivity index (χ0) is 14.8. The van der Waals surface area contributed by atoms with Crippen molar-refractivity contribution in [3.63, 3.8) is 0 Å². The molecule has 1 fully saturated rings. The Morgan fingerprint density at radius 3 is 3.00 bits per heavy atom. The van der Waals surface area contributed by atoms with E-state index in [1.807, 2.05) is 0 Å². The van der Waals surface area contributed by atoms with Crippen molar-refractivity contribution >= 4 is 34.8 Å². The molecule has 7 heteroatoms. The number of hydrogen-bond acceptors (Lipinski definition) is 4. The molecule has 2 amide bonds. The lowest BCUT2D eigenvalue weighted by molar-refractivity contribution is -0.118. The molecular formula is C14H16ClN3O3. The number of ether oxygens (including phenoxy) is 1. The number of nitrogens with one attached hydrogen (secondary N) is 3. The van der Waals surface area contributed by atoms with Gasteiger partial charge in [0.15, 0.2) is 6.61 Å². The van der Waals surface area contributed by atoms with Crippen LogP contribution in [0, 0.1) is 5.92 Å². The lowest BCUT2D eigenvalue weighted by Crippen LogP contribution is -2.30. The van der Waals surface area contributed by atoms with E-state index in [4.69, 9.17) is 16.3 Å². The molecule has 0 bridgehead atoms. The third-order valence-electron chi connectivity index (χ3n) is 3.39. The molecule has 0 aromatic heterocycles. The van der Waals surface area contributed by atoms with Gasteiger partial charge < -0.3 is 20.7 Å². The van der Waals surface area contributed by atoms with Crippen LogP contribution < -0.4 is 20.7 Å². The minimum Gasteiger partial charge on any atom is -0.482 e. The van der Waals surface area contributed by atoms with Crippen LogP contribution in [-0.4, -0.2) is 31.5 Å².